The van der Waals surface area contributed by atoms with Crippen molar-refractivity contribution in [2.75, 3.05) is 5.32 Å². The first-order chi connectivity index (χ1) is 11.5. The van der Waals surface area contributed by atoms with E-state index in [9.17, 15) is 13.2 Å². The SMILES string of the molecule is FC(F)(F)Oc1ccc(Nc2cc(-c3cccnc3)ncn2)cc1. The molecule has 0 aliphatic heterocycles. The molecular formula is C16H11F3N4O. The molecule has 0 radical (unpaired) electrons. The Morgan fingerprint density at radius 2 is 1.79 bits per heavy atom. The van der Waals surface area contributed by atoms with E-state index in [-0.39, 0.29) is 5.75 Å². The highest BCUT2D eigenvalue weighted by Crippen LogP contribution is 2.25. The Morgan fingerprint density at radius 3 is 2.46 bits per heavy atom. The van der Waals surface area contributed by atoms with Crippen molar-refractivity contribution in [2.24, 2.45) is 0 Å². The molecule has 5 nitrogen and oxygen atoms in total. The van der Waals surface area contributed by atoms with Crippen molar-refractivity contribution in [3.05, 3.63) is 61.2 Å². The Morgan fingerprint density at radius 1 is 1.00 bits per heavy atom. The van der Waals surface area contributed by atoms with Gasteiger partial charge in [0, 0.05) is 29.7 Å². The Kier molecular flexibility index (Phi) is 4.28. The second-order valence-corrected chi connectivity index (χ2v) is 4.73. The van der Waals surface area contributed by atoms with E-state index in [1.54, 1.807) is 24.5 Å². The third-order valence-corrected chi connectivity index (χ3v) is 2.98. The van der Waals surface area contributed by atoms with Gasteiger partial charge < -0.3 is 10.1 Å². The van der Waals surface area contributed by atoms with Gasteiger partial charge in [-0.1, -0.05) is 0 Å². The number of nitrogens with zero attached hydrogens (tertiary/aromatic N) is 3. The predicted molar refractivity (Wildman–Crippen MR) is 81.7 cm³/mol. The lowest BCUT2D eigenvalue weighted by molar-refractivity contribution is -0.274. The number of alkyl halides is 3. The van der Waals surface area contributed by atoms with Crippen LogP contribution >= 0.6 is 0 Å². The van der Waals surface area contributed by atoms with E-state index in [0.29, 0.717) is 17.2 Å². The minimum absolute atomic E-state index is 0.285. The van der Waals surface area contributed by atoms with Crippen LogP contribution in [0.15, 0.2) is 61.2 Å². The highest BCUT2D eigenvalue weighted by molar-refractivity contribution is 5.64. The predicted octanol–water partition coefficient (Wildman–Crippen LogP) is 4.18. The summed E-state index contributed by atoms with van der Waals surface area (Å²) in [4.78, 5) is 12.3. The summed E-state index contributed by atoms with van der Waals surface area (Å²) in [6, 6.07) is 10.8. The molecule has 2 heterocycles. The maximum absolute atomic E-state index is 12.1. The summed E-state index contributed by atoms with van der Waals surface area (Å²) in [7, 11) is 0. The maximum Gasteiger partial charge on any atom is 0.573 e. The Balaban J connectivity index is 1.75. The van der Waals surface area contributed by atoms with Gasteiger partial charge in [0.1, 0.15) is 17.9 Å². The third-order valence-electron chi connectivity index (χ3n) is 2.98. The standard InChI is InChI=1S/C16H11F3N4O/c17-16(18,19)24-13-5-3-12(4-6-13)23-15-8-14(21-10-22-15)11-2-1-7-20-9-11/h1-10H,(H,21,22,23). The van der Waals surface area contributed by atoms with E-state index < -0.39 is 6.36 Å². The van der Waals surface area contributed by atoms with Crippen LogP contribution in [0.3, 0.4) is 0 Å². The molecule has 0 atom stereocenters. The molecule has 0 fully saturated rings. The van der Waals surface area contributed by atoms with Crippen molar-refractivity contribution in [3.8, 4) is 17.0 Å². The normalized spacial score (nSPS) is 11.1. The van der Waals surface area contributed by atoms with Crippen LogP contribution in [0.5, 0.6) is 5.75 Å². The molecule has 0 spiro atoms. The molecule has 3 rings (SSSR count). The minimum Gasteiger partial charge on any atom is -0.406 e. The lowest BCUT2D eigenvalue weighted by Crippen LogP contribution is -2.16. The monoisotopic (exact) mass is 332 g/mol. The molecule has 0 saturated heterocycles. The van der Waals surface area contributed by atoms with Crippen molar-refractivity contribution in [3.63, 3.8) is 0 Å². The second kappa shape index (κ2) is 6.53. The average Bonchev–Trinajstić information content (AvgIpc) is 2.56. The van der Waals surface area contributed by atoms with Crippen molar-refractivity contribution < 1.29 is 17.9 Å². The van der Waals surface area contributed by atoms with Gasteiger partial charge in [-0.15, -0.1) is 13.2 Å². The zero-order chi connectivity index (χ0) is 17.0. The number of anilines is 2. The minimum atomic E-state index is -4.71. The van der Waals surface area contributed by atoms with Gasteiger partial charge in [-0.25, -0.2) is 9.97 Å². The van der Waals surface area contributed by atoms with Gasteiger partial charge in [-0.05, 0) is 36.4 Å². The molecule has 0 saturated carbocycles. The van der Waals surface area contributed by atoms with Gasteiger partial charge >= 0.3 is 6.36 Å². The molecule has 8 heteroatoms. The molecule has 0 bridgehead atoms. The summed E-state index contributed by atoms with van der Waals surface area (Å²) in [6.07, 6.45) is 0.0236. The van der Waals surface area contributed by atoms with Crippen LogP contribution in [-0.4, -0.2) is 21.3 Å². The highest BCUT2D eigenvalue weighted by Gasteiger charge is 2.30. The van der Waals surface area contributed by atoms with Crippen LogP contribution < -0.4 is 10.1 Å². The first-order valence-electron chi connectivity index (χ1n) is 6.85. The quantitative estimate of drug-likeness (QED) is 0.776. The highest BCUT2D eigenvalue weighted by atomic mass is 19.4. The maximum atomic E-state index is 12.1. The number of ether oxygens (including phenoxy) is 1. The second-order valence-electron chi connectivity index (χ2n) is 4.73. The van der Waals surface area contributed by atoms with Gasteiger partial charge in [0.25, 0.3) is 0 Å². The largest absolute Gasteiger partial charge is 0.573 e. The molecular weight excluding hydrogens is 321 g/mol. The fraction of sp³-hybridized carbons (Fsp3) is 0.0625. The van der Waals surface area contributed by atoms with Gasteiger partial charge in [0.2, 0.25) is 0 Å². The van der Waals surface area contributed by atoms with E-state index in [4.69, 9.17) is 0 Å². The molecule has 122 valence electrons. The van der Waals surface area contributed by atoms with Gasteiger partial charge in [0.15, 0.2) is 0 Å². The smallest absolute Gasteiger partial charge is 0.406 e. The summed E-state index contributed by atoms with van der Waals surface area (Å²) in [6.45, 7) is 0. The lowest BCUT2D eigenvalue weighted by atomic mass is 10.2. The molecule has 1 aromatic carbocycles. The topological polar surface area (TPSA) is 59.9 Å². The van der Waals surface area contributed by atoms with Crippen LogP contribution in [0.2, 0.25) is 0 Å². The average molecular weight is 332 g/mol. The number of hydrogen-bond acceptors (Lipinski definition) is 5. The Labute approximate surface area is 135 Å². The summed E-state index contributed by atoms with van der Waals surface area (Å²) in [5.41, 5.74) is 2.08. The number of nitrogens with one attached hydrogen (secondary N) is 1. The number of rotatable bonds is 4. The van der Waals surface area contributed by atoms with Crippen molar-refractivity contribution in [1.82, 2.24) is 15.0 Å². The molecule has 0 aliphatic rings. The molecule has 1 N–H and O–H groups in total. The van der Waals surface area contributed by atoms with E-state index in [2.05, 4.69) is 25.0 Å². The van der Waals surface area contributed by atoms with Crippen LogP contribution in [0.25, 0.3) is 11.3 Å². The summed E-state index contributed by atoms with van der Waals surface area (Å²) >= 11 is 0. The summed E-state index contributed by atoms with van der Waals surface area (Å²) < 4.78 is 40.2. The summed E-state index contributed by atoms with van der Waals surface area (Å²) in [5.74, 6) is 0.222. The third kappa shape index (κ3) is 4.19. The van der Waals surface area contributed by atoms with Crippen molar-refractivity contribution in [1.29, 1.82) is 0 Å². The first-order valence-corrected chi connectivity index (χ1v) is 6.85. The van der Waals surface area contributed by atoms with Gasteiger partial charge in [0.05, 0.1) is 5.69 Å². The Bertz CT molecular complexity index is 808. The Hall–Kier alpha value is -3.16. The molecule has 24 heavy (non-hydrogen) atoms. The molecule has 0 aliphatic carbocycles. The molecule has 0 unspecified atom stereocenters. The lowest BCUT2D eigenvalue weighted by Gasteiger charge is -2.10. The number of halogens is 3. The fourth-order valence-electron chi connectivity index (χ4n) is 1.99. The van der Waals surface area contributed by atoms with E-state index in [0.717, 1.165) is 5.56 Å². The zero-order valence-electron chi connectivity index (χ0n) is 12.2. The number of hydrogen-bond donors (Lipinski definition) is 1. The fourth-order valence-corrected chi connectivity index (χ4v) is 1.99. The zero-order valence-corrected chi connectivity index (χ0v) is 12.2. The van der Waals surface area contributed by atoms with Crippen LogP contribution in [-0.2, 0) is 0 Å². The van der Waals surface area contributed by atoms with Crippen LogP contribution in [0.4, 0.5) is 24.7 Å². The van der Waals surface area contributed by atoms with E-state index in [1.807, 2.05) is 6.07 Å². The van der Waals surface area contributed by atoms with E-state index in [1.165, 1.54) is 30.6 Å². The van der Waals surface area contributed by atoms with Gasteiger partial charge in [-0.3, -0.25) is 4.98 Å². The van der Waals surface area contributed by atoms with Gasteiger partial charge in [-0.2, -0.15) is 0 Å². The molecule has 2 aromatic heterocycles. The number of benzene rings is 1. The van der Waals surface area contributed by atoms with Crippen LogP contribution in [0.1, 0.15) is 0 Å². The van der Waals surface area contributed by atoms with Crippen molar-refractivity contribution in [2.45, 2.75) is 6.36 Å². The number of pyridine rings is 1. The first kappa shape index (κ1) is 15.7. The number of aromatic nitrogens is 3. The van der Waals surface area contributed by atoms with E-state index >= 15 is 0 Å². The summed E-state index contributed by atoms with van der Waals surface area (Å²) in [5, 5.41) is 3.00. The van der Waals surface area contributed by atoms with Crippen molar-refractivity contribution >= 4 is 11.5 Å². The molecule has 3 aromatic rings. The van der Waals surface area contributed by atoms with Crippen LogP contribution in [0, 0.1) is 0 Å². The molecule has 0 amide bonds.